The molecule has 0 fully saturated rings. The van der Waals surface area contributed by atoms with Crippen LogP contribution in [0, 0.1) is 0 Å². The van der Waals surface area contributed by atoms with Crippen LogP contribution in [-0.2, 0) is 6.42 Å². The van der Waals surface area contributed by atoms with Crippen molar-refractivity contribution < 1.29 is 5.11 Å². The summed E-state index contributed by atoms with van der Waals surface area (Å²) in [5.41, 5.74) is 1.21. The molecule has 1 aromatic carbocycles. The zero-order valence-corrected chi connectivity index (χ0v) is 7.67. The molecular formula is C9H13NOS. The molecule has 0 aromatic heterocycles. The van der Waals surface area contributed by atoms with Gasteiger partial charge in [-0.3, -0.25) is 4.72 Å². The molecule has 0 aliphatic carbocycles. The molecule has 0 aliphatic rings. The first-order valence-corrected chi connectivity index (χ1v) is 4.36. The minimum atomic E-state index is 0.0377. The van der Waals surface area contributed by atoms with Crippen LogP contribution in [-0.4, -0.2) is 17.8 Å². The van der Waals surface area contributed by atoms with Crippen molar-refractivity contribution in [2.45, 2.75) is 12.5 Å². The van der Waals surface area contributed by atoms with Gasteiger partial charge in [0.2, 0.25) is 0 Å². The molecule has 66 valence electrons. The lowest BCUT2D eigenvalue weighted by atomic mass is 10.1. The Morgan fingerprint density at radius 3 is 2.50 bits per heavy atom. The predicted octanol–water partition coefficient (Wildman–Crippen LogP) is 1.02. The number of hydrogen-bond acceptors (Lipinski definition) is 3. The number of rotatable bonds is 4. The van der Waals surface area contributed by atoms with Gasteiger partial charge in [0.05, 0.1) is 6.61 Å². The van der Waals surface area contributed by atoms with E-state index in [4.69, 9.17) is 5.11 Å². The smallest absolute Gasteiger partial charge is 0.0596 e. The molecule has 12 heavy (non-hydrogen) atoms. The maximum absolute atomic E-state index is 8.88. The molecule has 1 aromatic rings. The molecule has 1 unspecified atom stereocenters. The number of thiol groups is 1. The van der Waals surface area contributed by atoms with Gasteiger partial charge in [-0.15, -0.1) is 0 Å². The van der Waals surface area contributed by atoms with Crippen molar-refractivity contribution in [2.24, 2.45) is 0 Å². The van der Waals surface area contributed by atoms with Crippen LogP contribution in [0.3, 0.4) is 0 Å². The van der Waals surface area contributed by atoms with Crippen LogP contribution in [0.4, 0.5) is 0 Å². The predicted molar refractivity (Wildman–Crippen MR) is 53.1 cm³/mol. The quantitative estimate of drug-likeness (QED) is 0.609. The molecule has 0 radical (unpaired) electrons. The Bertz CT molecular complexity index is 211. The van der Waals surface area contributed by atoms with Crippen molar-refractivity contribution in [3.8, 4) is 0 Å². The third-order valence-electron chi connectivity index (χ3n) is 1.73. The third kappa shape index (κ3) is 2.85. The zero-order valence-electron chi connectivity index (χ0n) is 6.77. The zero-order chi connectivity index (χ0) is 8.81. The van der Waals surface area contributed by atoms with Crippen LogP contribution < -0.4 is 4.72 Å². The largest absolute Gasteiger partial charge is 0.395 e. The Balaban J connectivity index is 2.51. The van der Waals surface area contributed by atoms with Gasteiger partial charge in [0, 0.05) is 6.04 Å². The van der Waals surface area contributed by atoms with Gasteiger partial charge in [-0.25, -0.2) is 0 Å². The van der Waals surface area contributed by atoms with Gasteiger partial charge in [-0.1, -0.05) is 43.1 Å². The van der Waals surface area contributed by atoms with Crippen molar-refractivity contribution in [1.82, 2.24) is 4.72 Å². The SMILES string of the molecule is OCC(Cc1ccccc1)NS. The third-order valence-corrected chi connectivity index (χ3v) is 2.09. The summed E-state index contributed by atoms with van der Waals surface area (Å²) in [5, 5.41) is 8.88. The summed E-state index contributed by atoms with van der Waals surface area (Å²) in [6, 6.07) is 10.1. The molecule has 1 atom stereocenters. The van der Waals surface area contributed by atoms with Gasteiger partial charge in [-0.05, 0) is 12.0 Å². The van der Waals surface area contributed by atoms with Gasteiger partial charge in [0.1, 0.15) is 0 Å². The normalized spacial score (nSPS) is 12.8. The van der Waals surface area contributed by atoms with Gasteiger partial charge in [0.25, 0.3) is 0 Å². The van der Waals surface area contributed by atoms with E-state index >= 15 is 0 Å². The number of hydrogen-bond donors (Lipinski definition) is 3. The van der Waals surface area contributed by atoms with Gasteiger partial charge < -0.3 is 5.11 Å². The highest BCUT2D eigenvalue weighted by molar-refractivity contribution is 7.78. The van der Waals surface area contributed by atoms with E-state index in [1.54, 1.807) is 0 Å². The van der Waals surface area contributed by atoms with E-state index in [1.807, 2.05) is 30.3 Å². The lowest BCUT2D eigenvalue weighted by molar-refractivity contribution is 0.259. The molecule has 0 spiro atoms. The van der Waals surface area contributed by atoms with Crippen LogP contribution in [0.15, 0.2) is 30.3 Å². The van der Waals surface area contributed by atoms with E-state index in [2.05, 4.69) is 17.5 Å². The second-order valence-electron chi connectivity index (χ2n) is 2.70. The van der Waals surface area contributed by atoms with Crippen LogP contribution in [0.25, 0.3) is 0 Å². The van der Waals surface area contributed by atoms with Crippen LogP contribution in [0.2, 0.25) is 0 Å². The topological polar surface area (TPSA) is 32.3 Å². The molecule has 3 heteroatoms. The maximum atomic E-state index is 8.88. The Hall–Kier alpha value is -0.510. The number of aliphatic hydroxyl groups is 1. The average Bonchev–Trinajstić information content (AvgIpc) is 2.16. The summed E-state index contributed by atoms with van der Waals surface area (Å²) in [5.74, 6) is 0. The van der Waals surface area contributed by atoms with Crippen molar-refractivity contribution in [1.29, 1.82) is 0 Å². The summed E-state index contributed by atoms with van der Waals surface area (Å²) in [6.07, 6.45) is 0.806. The second-order valence-corrected chi connectivity index (χ2v) is 2.96. The Labute approximate surface area is 78.2 Å². The molecule has 0 saturated heterocycles. The minimum Gasteiger partial charge on any atom is -0.395 e. The summed E-state index contributed by atoms with van der Waals surface area (Å²) < 4.78 is 2.74. The van der Waals surface area contributed by atoms with E-state index in [9.17, 15) is 0 Å². The molecule has 0 heterocycles. The number of aliphatic hydroxyl groups excluding tert-OH is 1. The number of nitrogens with one attached hydrogen (secondary N) is 1. The first-order valence-electron chi connectivity index (χ1n) is 3.91. The lowest BCUT2D eigenvalue weighted by Gasteiger charge is -2.11. The first-order chi connectivity index (χ1) is 5.86. The fourth-order valence-corrected chi connectivity index (χ4v) is 1.22. The monoisotopic (exact) mass is 183 g/mol. The van der Waals surface area contributed by atoms with Crippen molar-refractivity contribution in [2.75, 3.05) is 6.61 Å². The first kappa shape index (κ1) is 9.58. The molecule has 0 bridgehead atoms. The summed E-state index contributed by atoms with van der Waals surface area (Å²) in [7, 11) is 0. The van der Waals surface area contributed by atoms with Gasteiger partial charge in [-0.2, -0.15) is 0 Å². The number of benzene rings is 1. The molecular weight excluding hydrogens is 170 g/mol. The van der Waals surface area contributed by atoms with E-state index in [0.717, 1.165) is 6.42 Å². The van der Waals surface area contributed by atoms with Crippen molar-refractivity contribution in [3.05, 3.63) is 35.9 Å². The Morgan fingerprint density at radius 1 is 1.33 bits per heavy atom. The van der Waals surface area contributed by atoms with E-state index < -0.39 is 0 Å². The maximum Gasteiger partial charge on any atom is 0.0596 e. The molecule has 2 N–H and O–H groups in total. The summed E-state index contributed by atoms with van der Waals surface area (Å²) in [6.45, 7) is 0.110. The second kappa shape index (κ2) is 5.19. The summed E-state index contributed by atoms with van der Waals surface area (Å²) >= 11 is 3.92. The fourth-order valence-electron chi connectivity index (χ4n) is 1.05. The molecule has 0 amide bonds. The fraction of sp³-hybridized carbons (Fsp3) is 0.333. The van der Waals surface area contributed by atoms with Gasteiger partial charge in [0.15, 0.2) is 0 Å². The Kier molecular flexibility index (Phi) is 4.14. The molecule has 0 saturated carbocycles. The summed E-state index contributed by atoms with van der Waals surface area (Å²) in [4.78, 5) is 0. The minimum absolute atomic E-state index is 0.0377. The van der Waals surface area contributed by atoms with Gasteiger partial charge >= 0.3 is 0 Å². The highest BCUT2D eigenvalue weighted by Crippen LogP contribution is 2.02. The molecule has 1 rings (SSSR count). The van der Waals surface area contributed by atoms with Crippen LogP contribution >= 0.6 is 12.8 Å². The van der Waals surface area contributed by atoms with E-state index in [1.165, 1.54) is 5.56 Å². The standard InChI is InChI=1S/C9H13NOS/c11-7-9(10-12)6-8-4-2-1-3-5-8/h1-5,9-12H,6-7H2. The van der Waals surface area contributed by atoms with E-state index in [0.29, 0.717) is 0 Å². The average molecular weight is 183 g/mol. The van der Waals surface area contributed by atoms with Crippen molar-refractivity contribution in [3.63, 3.8) is 0 Å². The lowest BCUT2D eigenvalue weighted by Crippen LogP contribution is -2.27. The molecule has 2 nitrogen and oxygen atoms in total. The highest BCUT2D eigenvalue weighted by Gasteiger charge is 2.04. The molecule has 0 aliphatic heterocycles. The highest BCUT2D eigenvalue weighted by atomic mass is 32.1. The Morgan fingerprint density at radius 2 is 2.00 bits per heavy atom. The van der Waals surface area contributed by atoms with Crippen LogP contribution in [0.5, 0.6) is 0 Å². The van der Waals surface area contributed by atoms with Crippen molar-refractivity contribution >= 4 is 12.8 Å². The van der Waals surface area contributed by atoms with E-state index in [-0.39, 0.29) is 12.6 Å². The van der Waals surface area contributed by atoms with Crippen LogP contribution in [0.1, 0.15) is 5.56 Å².